The van der Waals surface area contributed by atoms with Crippen LogP contribution in [0.1, 0.15) is 124 Å². The Labute approximate surface area is 333 Å². The van der Waals surface area contributed by atoms with Crippen molar-refractivity contribution in [1.82, 2.24) is 4.98 Å². The van der Waals surface area contributed by atoms with Gasteiger partial charge in [0.15, 0.2) is 5.78 Å². The van der Waals surface area contributed by atoms with Crippen molar-refractivity contribution in [2.75, 3.05) is 0 Å². The van der Waals surface area contributed by atoms with E-state index in [1.807, 2.05) is 27.7 Å². The number of aliphatic hydroxyl groups is 1. The first-order valence-corrected chi connectivity index (χ1v) is 19.6. The van der Waals surface area contributed by atoms with Gasteiger partial charge < -0.3 is 5.11 Å². The van der Waals surface area contributed by atoms with Crippen molar-refractivity contribution in [3.63, 3.8) is 0 Å². The van der Waals surface area contributed by atoms with E-state index in [1.54, 1.807) is 0 Å². The van der Waals surface area contributed by atoms with Crippen LogP contribution < -0.4 is 0 Å². The predicted octanol–water partition coefficient (Wildman–Crippen LogP) is 13.5. The van der Waals surface area contributed by atoms with Gasteiger partial charge in [-0.1, -0.05) is 142 Å². The molecule has 5 aromatic rings. The van der Waals surface area contributed by atoms with Gasteiger partial charge in [0.25, 0.3) is 0 Å². The van der Waals surface area contributed by atoms with Gasteiger partial charge in [-0.05, 0) is 77.3 Å². The van der Waals surface area contributed by atoms with Gasteiger partial charge in [-0.25, -0.2) is 0 Å². The standard InChI is InChI=1S/C36H36N.C13H24O2.Ir/c1-22(2)18-23-16-17-29-28(19-23)32-33(36(29,6)7)27-14-10-11-15-31(27)37-34(32)25-20-24-12-8-9-13-26(24)30(21-25)35(3,4)5;1-5-10(6-2)12(14)9-13(15)11(7-3)8-4;/h8-17,19,21-22H,18H2,1-7H3;9-11,14H,5-8H2,1-4H3;/q-1;;/b;12-9-;. The van der Waals surface area contributed by atoms with Gasteiger partial charge in [0, 0.05) is 54.5 Å². The topological polar surface area (TPSA) is 50.2 Å². The minimum absolute atomic E-state index is 0. The van der Waals surface area contributed by atoms with Gasteiger partial charge in [0.05, 0.1) is 11.3 Å². The summed E-state index contributed by atoms with van der Waals surface area (Å²) >= 11 is 0. The molecule has 4 heteroatoms. The number of allylic oxidation sites excluding steroid dienone is 2. The van der Waals surface area contributed by atoms with Crippen molar-refractivity contribution in [2.45, 2.75) is 119 Å². The zero-order valence-electron chi connectivity index (χ0n) is 33.9. The van der Waals surface area contributed by atoms with Crippen LogP contribution >= 0.6 is 0 Å². The Kier molecular flexibility index (Phi) is 13.7. The van der Waals surface area contributed by atoms with Gasteiger partial charge in [-0.3, -0.25) is 9.78 Å². The summed E-state index contributed by atoms with van der Waals surface area (Å²) < 4.78 is 0. The number of pyridine rings is 1. The van der Waals surface area contributed by atoms with Crippen molar-refractivity contribution >= 4 is 27.5 Å². The largest absolute Gasteiger partial charge is 0.512 e. The number of hydrogen-bond acceptors (Lipinski definition) is 3. The minimum atomic E-state index is -0.109. The third-order valence-electron chi connectivity index (χ3n) is 11.1. The summed E-state index contributed by atoms with van der Waals surface area (Å²) in [5.41, 5.74) is 11.2. The fourth-order valence-electron chi connectivity index (χ4n) is 8.15. The number of fused-ring (bicyclic) bond motifs is 6. The molecule has 6 rings (SSSR count). The van der Waals surface area contributed by atoms with E-state index >= 15 is 0 Å². The first kappa shape index (κ1) is 42.2. The van der Waals surface area contributed by atoms with E-state index in [1.165, 1.54) is 50.2 Å². The fourth-order valence-corrected chi connectivity index (χ4v) is 8.15. The quantitative estimate of drug-likeness (QED) is 0.0863. The van der Waals surface area contributed by atoms with Crippen LogP contribution in [0.3, 0.4) is 0 Å². The molecule has 3 nitrogen and oxygen atoms in total. The molecule has 0 fully saturated rings. The second-order valence-electron chi connectivity index (χ2n) is 16.7. The maximum absolute atomic E-state index is 11.7. The van der Waals surface area contributed by atoms with Gasteiger partial charge in [-0.15, -0.1) is 29.1 Å². The van der Waals surface area contributed by atoms with Crippen LogP contribution in [0.15, 0.2) is 84.6 Å². The molecule has 1 N–H and O–H groups in total. The molecule has 0 aliphatic heterocycles. The number of rotatable bonds is 10. The van der Waals surface area contributed by atoms with Crippen LogP contribution in [-0.2, 0) is 42.2 Å². The zero-order chi connectivity index (χ0) is 38.0. The van der Waals surface area contributed by atoms with E-state index in [2.05, 4.69) is 127 Å². The van der Waals surface area contributed by atoms with Crippen LogP contribution in [0.5, 0.6) is 0 Å². The van der Waals surface area contributed by atoms with Crippen molar-refractivity contribution in [1.29, 1.82) is 0 Å². The number of carbonyl (C=O) groups excluding carboxylic acids is 1. The molecule has 1 aliphatic rings. The van der Waals surface area contributed by atoms with Crippen molar-refractivity contribution in [2.24, 2.45) is 17.8 Å². The molecule has 1 radical (unpaired) electrons. The van der Waals surface area contributed by atoms with Crippen LogP contribution in [0.25, 0.3) is 44.1 Å². The Morgan fingerprint density at radius 2 is 1.45 bits per heavy atom. The number of ketones is 1. The van der Waals surface area contributed by atoms with Gasteiger partial charge in [0.2, 0.25) is 0 Å². The summed E-state index contributed by atoms with van der Waals surface area (Å²) in [5.74, 6) is 1.16. The minimum Gasteiger partial charge on any atom is -0.512 e. The third-order valence-corrected chi connectivity index (χ3v) is 11.1. The molecule has 0 atom stereocenters. The Morgan fingerprint density at radius 3 is 2.06 bits per heavy atom. The number of nitrogens with zero attached hydrogens (tertiary/aromatic N) is 1. The summed E-state index contributed by atoms with van der Waals surface area (Å²) in [6.07, 6.45) is 5.99. The van der Waals surface area contributed by atoms with Crippen LogP contribution in [0.2, 0.25) is 0 Å². The van der Waals surface area contributed by atoms with Gasteiger partial charge in [-0.2, -0.15) is 0 Å². The fraction of sp³-hybridized carbons (Fsp3) is 0.429. The van der Waals surface area contributed by atoms with Crippen LogP contribution in [0, 0.1) is 23.8 Å². The summed E-state index contributed by atoms with van der Waals surface area (Å²) in [6.45, 7) is 24.3. The monoisotopic (exact) mass is 887 g/mol. The van der Waals surface area contributed by atoms with Crippen molar-refractivity contribution < 1.29 is 30.0 Å². The van der Waals surface area contributed by atoms with E-state index in [0.717, 1.165) is 54.3 Å². The second kappa shape index (κ2) is 17.3. The number of aromatic nitrogens is 1. The average molecular weight is 887 g/mol. The number of benzene rings is 4. The summed E-state index contributed by atoms with van der Waals surface area (Å²) in [7, 11) is 0. The van der Waals surface area contributed by atoms with Crippen LogP contribution in [-0.4, -0.2) is 15.9 Å². The van der Waals surface area contributed by atoms with E-state index in [9.17, 15) is 9.90 Å². The van der Waals surface area contributed by atoms with Gasteiger partial charge in [0.1, 0.15) is 0 Å². The summed E-state index contributed by atoms with van der Waals surface area (Å²) in [4.78, 5) is 17.1. The molecule has 0 spiro atoms. The summed E-state index contributed by atoms with van der Waals surface area (Å²) in [6, 6.07) is 30.6. The Morgan fingerprint density at radius 1 is 0.849 bits per heavy atom. The normalized spacial score (nSPS) is 13.6. The molecule has 4 aromatic carbocycles. The molecule has 0 bridgehead atoms. The number of carbonyl (C=O) groups is 1. The molecule has 0 saturated heterocycles. The van der Waals surface area contributed by atoms with Crippen LogP contribution in [0.4, 0.5) is 0 Å². The Balaban J connectivity index is 0.000000335. The second-order valence-corrected chi connectivity index (χ2v) is 16.7. The summed E-state index contributed by atoms with van der Waals surface area (Å²) in [5, 5.41) is 13.4. The molecular formula is C49H60IrNO2-. The molecular weight excluding hydrogens is 827 g/mol. The smallest absolute Gasteiger partial charge is 0.162 e. The molecule has 283 valence electrons. The number of aliphatic hydroxyl groups excluding tert-OH is 1. The van der Waals surface area contributed by atoms with Gasteiger partial charge >= 0.3 is 0 Å². The molecule has 0 unspecified atom stereocenters. The maximum Gasteiger partial charge on any atom is 0.162 e. The average Bonchev–Trinajstić information content (AvgIpc) is 3.34. The SMILES string of the molecule is CC(C)Cc1ccc2c(c1)-c1c(-c3[c-]c4ccccc4c(C(C)(C)C)c3)nc3ccccc3c1C2(C)C.CCC(CC)C(=O)/C=C(\O)C(CC)CC.[Ir]. The zero-order valence-corrected chi connectivity index (χ0v) is 36.3. The maximum atomic E-state index is 11.7. The molecule has 1 aliphatic carbocycles. The van der Waals surface area contributed by atoms with Crippen molar-refractivity contribution in [3.8, 4) is 22.4 Å². The van der Waals surface area contributed by atoms with E-state index in [-0.39, 0.29) is 54.3 Å². The number of hydrogen-bond donors (Lipinski definition) is 1. The Bertz CT molecular complexity index is 2090. The third kappa shape index (κ3) is 8.71. The van der Waals surface area contributed by atoms with E-state index < -0.39 is 0 Å². The molecule has 1 aromatic heterocycles. The molecule has 53 heavy (non-hydrogen) atoms. The molecule has 0 saturated carbocycles. The van der Waals surface area contributed by atoms with E-state index in [0.29, 0.717) is 5.92 Å². The van der Waals surface area contributed by atoms with E-state index in [4.69, 9.17) is 4.98 Å². The Hall–Kier alpha value is -3.59. The predicted molar refractivity (Wildman–Crippen MR) is 222 cm³/mol. The first-order valence-electron chi connectivity index (χ1n) is 19.6. The number of para-hydroxylation sites is 1. The first-order chi connectivity index (χ1) is 24.7. The molecule has 0 amide bonds. The molecule has 1 heterocycles. The van der Waals surface area contributed by atoms with Crippen molar-refractivity contribution in [3.05, 3.63) is 113 Å².